The Balaban J connectivity index is 1.82. The SMILES string of the molecule is CCOC(=O)/C=C1\SCC(=O)N1CCOC(=O)/C=C/c1ccc(OC)cc1. The number of thioether (sulfide) groups is 1. The summed E-state index contributed by atoms with van der Waals surface area (Å²) in [4.78, 5) is 36.7. The number of hydrogen-bond donors (Lipinski definition) is 0. The van der Waals surface area contributed by atoms with Crippen LogP contribution in [0.4, 0.5) is 0 Å². The highest BCUT2D eigenvalue weighted by Crippen LogP contribution is 2.28. The molecule has 8 heteroatoms. The Bertz CT molecular complexity index is 741. The Morgan fingerprint density at radius 3 is 2.59 bits per heavy atom. The van der Waals surface area contributed by atoms with Crippen molar-refractivity contribution in [2.75, 3.05) is 32.6 Å². The Hall–Kier alpha value is -2.74. The van der Waals surface area contributed by atoms with Crippen molar-refractivity contribution in [1.82, 2.24) is 4.90 Å². The molecule has 1 aliphatic heterocycles. The number of rotatable bonds is 8. The molecule has 27 heavy (non-hydrogen) atoms. The number of ether oxygens (including phenoxy) is 3. The molecule has 0 atom stereocenters. The van der Waals surface area contributed by atoms with Gasteiger partial charge in [-0.2, -0.15) is 0 Å². The van der Waals surface area contributed by atoms with Gasteiger partial charge in [-0.05, 0) is 30.7 Å². The molecule has 0 N–H and O–H groups in total. The van der Waals surface area contributed by atoms with Crippen LogP contribution in [-0.2, 0) is 23.9 Å². The largest absolute Gasteiger partial charge is 0.497 e. The fraction of sp³-hybridized carbons (Fsp3) is 0.316. The quantitative estimate of drug-likeness (QED) is 0.496. The first-order chi connectivity index (χ1) is 13.0. The van der Waals surface area contributed by atoms with Gasteiger partial charge < -0.3 is 19.1 Å². The second kappa shape index (κ2) is 10.4. The molecule has 0 aromatic heterocycles. The highest BCUT2D eigenvalue weighted by Gasteiger charge is 2.27. The number of carbonyl (C=O) groups is 3. The molecule has 1 saturated heterocycles. The Morgan fingerprint density at radius 2 is 1.93 bits per heavy atom. The van der Waals surface area contributed by atoms with Crippen LogP contribution in [0.5, 0.6) is 5.75 Å². The van der Waals surface area contributed by atoms with E-state index >= 15 is 0 Å². The minimum atomic E-state index is -0.513. The second-order valence-electron chi connectivity index (χ2n) is 5.34. The normalized spacial score (nSPS) is 15.4. The van der Waals surface area contributed by atoms with E-state index < -0.39 is 11.9 Å². The summed E-state index contributed by atoms with van der Waals surface area (Å²) in [6.45, 7) is 2.18. The molecular weight excluding hydrogens is 370 g/mol. The van der Waals surface area contributed by atoms with E-state index in [9.17, 15) is 14.4 Å². The summed E-state index contributed by atoms with van der Waals surface area (Å²) in [5.74, 6) is -0.175. The zero-order valence-electron chi connectivity index (χ0n) is 15.2. The van der Waals surface area contributed by atoms with Crippen molar-refractivity contribution >= 4 is 35.7 Å². The number of amides is 1. The average Bonchev–Trinajstić information content (AvgIpc) is 3.00. The van der Waals surface area contributed by atoms with Gasteiger partial charge in [0.05, 0.1) is 37.1 Å². The fourth-order valence-electron chi connectivity index (χ4n) is 2.22. The van der Waals surface area contributed by atoms with Gasteiger partial charge in [-0.15, -0.1) is 0 Å². The zero-order chi connectivity index (χ0) is 19.6. The minimum Gasteiger partial charge on any atom is -0.497 e. The summed E-state index contributed by atoms with van der Waals surface area (Å²) in [5, 5.41) is 0.503. The summed E-state index contributed by atoms with van der Waals surface area (Å²) in [6.07, 6.45) is 4.23. The number of nitrogens with zero attached hydrogens (tertiary/aromatic N) is 1. The lowest BCUT2D eigenvalue weighted by molar-refractivity contribution is -0.140. The molecule has 1 heterocycles. The molecule has 0 spiro atoms. The first-order valence-electron chi connectivity index (χ1n) is 8.34. The summed E-state index contributed by atoms with van der Waals surface area (Å²) in [7, 11) is 1.58. The van der Waals surface area contributed by atoms with E-state index in [1.165, 1.54) is 28.8 Å². The van der Waals surface area contributed by atoms with Gasteiger partial charge in [-0.3, -0.25) is 4.79 Å². The smallest absolute Gasteiger partial charge is 0.333 e. The maximum atomic E-state index is 11.9. The van der Waals surface area contributed by atoms with Crippen molar-refractivity contribution in [3.63, 3.8) is 0 Å². The van der Waals surface area contributed by atoms with Gasteiger partial charge in [-0.25, -0.2) is 9.59 Å². The van der Waals surface area contributed by atoms with Gasteiger partial charge in [0.25, 0.3) is 0 Å². The Morgan fingerprint density at radius 1 is 1.19 bits per heavy atom. The Kier molecular flexibility index (Phi) is 7.94. The molecule has 7 nitrogen and oxygen atoms in total. The fourth-order valence-corrected chi connectivity index (χ4v) is 3.17. The van der Waals surface area contributed by atoms with Crippen LogP contribution in [0.2, 0.25) is 0 Å². The maximum absolute atomic E-state index is 11.9. The molecule has 1 aromatic carbocycles. The van der Waals surface area contributed by atoms with Crippen molar-refractivity contribution < 1.29 is 28.6 Å². The summed E-state index contributed by atoms with van der Waals surface area (Å²) < 4.78 is 15.0. The molecule has 2 rings (SSSR count). The van der Waals surface area contributed by atoms with E-state index in [2.05, 4.69) is 0 Å². The topological polar surface area (TPSA) is 82.1 Å². The van der Waals surface area contributed by atoms with Gasteiger partial charge in [0.2, 0.25) is 5.91 Å². The molecule has 0 bridgehead atoms. The van der Waals surface area contributed by atoms with Crippen LogP contribution in [0.1, 0.15) is 12.5 Å². The molecule has 1 fully saturated rings. The second-order valence-corrected chi connectivity index (χ2v) is 6.34. The van der Waals surface area contributed by atoms with Crippen LogP contribution in [0.15, 0.2) is 41.4 Å². The van der Waals surface area contributed by atoms with E-state index in [4.69, 9.17) is 14.2 Å². The lowest BCUT2D eigenvalue weighted by Gasteiger charge is -2.16. The van der Waals surface area contributed by atoms with Gasteiger partial charge in [-0.1, -0.05) is 23.9 Å². The van der Waals surface area contributed by atoms with Crippen molar-refractivity contribution in [3.8, 4) is 5.75 Å². The monoisotopic (exact) mass is 391 g/mol. The first-order valence-corrected chi connectivity index (χ1v) is 9.32. The van der Waals surface area contributed by atoms with Crippen LogP contribution in [0.3, 0.4) is 0 Å². The lowest BCUT2D eigenvalue weighted by Crippen LogP contribution is -2.29. The molecule has 0 saturated carbocycles. The zero-order valence-corrected chi connectivity index (χ0v) is 16.0. The van der Waals surface area contributed by atoms with Crippen molar-refractivity contribution in [1.29, 1.82) is 0 Å². The standard InChI is InChI=1S/C19H21NO6S/c1-3-25-19(23)12-17-20(16(21)13-27-17)10-11-26-18(22)9-6-14-4-7-15(24-2)8-5-14/h4-9,12H,3,10-11,13H2,1-2H3/b9-6+,17-12-. The molecule has 0 unspecified atom stereocenters. The van der Waals surface area contributed by atoms with Crippen molar-refractivity contribution in [2.24, 2.45) is 0 Å². The van der Waals surface area contributed by atoms with Gasteiger partial charge in [0, 0.05) is 6.08 Å². The van der Waals surface area contributed by atoms with Gasteiger partial charge in [0.1, 0.15) is 12.4 Å². The van der Waals surface area contributed by atoms with Crippen molar-refractivity contribution in [3.05, 3.63) is 47.0 Å². The molecular formula is C19H21NO6S. The van der Waals surface area contributed by atoms with Crippen LogP contribution < -0.4 is 4.74 Å². The summed E-state index contributed by atoms with van der Waals surface area (Å²) >= 11 is 1.25. The molecule has 0 aliphatic carbocycles. The molecule has 1 aromatic rings. The third-order valence-corrected chi connectivity index (χ3v) is 4.55. The summed E-state index contributed by atoms with van der Waals surface area (Å²) in [6, 6.07) is 7.21. The van der Waals surface area contributed by atoms with E-state index in [0.29, 0.717) is 5.03 Å². The van der Waals surface area contributed by atoms with E-state index in [0.717, 1.165) is 11.3 Å². The maximum Gasteiger partial charge on any atom is 0.333 e. The molecule has 0 radical (unpaired) electrons. The minimum absolute atomic E-state index is 0.0260. The highest BCUT2D eigenvalue weighted by molar-refractivity contribution is 8.04. The van der Waals surface area contributed by atoms with Crippen LogP contribution in [0, 0.1) is 0 Å². The van der Waals surface area contributed by atoms with Crippen molar-refractivity contribution in [2.45, 2.75) is 6.92 Å². The predicted octanol–water partition coefficient (Wildman–Crippen LogP) is 2.23. The molecule has 1 amide bonds. The van der Waals surface area contributed by atoms with Crippen LogP contribution >= 0.6 is 11.8 Å². The predicted molar refractivity (Wildman–Crippen MR) is 102 cm³/mol. The number of benzene rings is 1. The van der Waals surface area contributed by atoms with Gasteiger partial charge >= 0.3 is 11.9 Å². The number of carbonyl (C=O) groups excluding carboxylic acids is 3. The van der Waals surface area contributed by atoms with E-state index in [1.54, 1.807) is 32.2 Å². The lowest BCUT2D eigenvalue weighted by atomic mass is 10.2. The third kappa shape index (κ3) is 6.49. The van der Waals surface area contributed by atoms with E-state index in [-0.39, 0.29) is 31.4 Å². The summed E-state index contributed by atoms with van der Waals surface area (Å²) in [5.41, 5.74) is 0.832. The number of methoxy groups -OCH3 is 1. The third-order valence-electron chi connectivity index (χ3n) is 3.53. The molecule has 1 aliphatic rings. The van der Waals surface area contributed by atoms with Crippen LogP contribution in [-0.4, -0.2) is 55.4 Å². The number of hydrogen-bond acceptors (Lipinski definition) is 7. The van der Waals surface area contributed by atoms with Gasteiger partial charge in [0.15, 0.2) is 0 Å². The molecule has 144 valence electrons. The average molecular weight is 391 g/mol. The van der Waals surface area contributed by atoms with E-state index in [1.807, 2.05) is 12.1 Å². The Labute approximate surface area is 161 Å². The number of esters is 2. The first kappa shape index (κ1) is 20.6. The van der Waals surface area contributed by atoms with Crippen LogP contribution in [0.25, 0.3) is 6.08 Å². The highest BCUT2D eigenvalue weighted by atomic mass is 32.2.